The first-order valence-electron chi connectivity index (χ1n) is 9.16. The summed E-state index contributed by atoms with van der Waals surface area (Å²) in [7, 11) is 0. The molecule has 0 amide bonds. The third kappa shape index (κ3) is 3.35. The van der Waals surface area contributed by atoms with Crippen molar-refractivity contribution in [3.05, 3.63) is 60.7 Å². The normalized spacial score (nSPS) is 26.5. The van der Waals surface area contributed by atoms with Gasteiger partial charge in [-0.1, -0.05) is 36.4 Å². The number of nitrogens with zero attached hydrogens (tertiary/aromatic N) is 3. The number of carboxylic acid groups (broad SMARTS) is 1. The van der Waals surface area contributed by atoms with E-state index in [-0.39, 0.29) is 12.0 Å². The summed E-state index contributed by atoms with van der Waals surface area (Å²) in [5, 5.41) is 16.5. The van der Waals surface area contributed by atoms with Crippen LogP contribution in [0.1, 0.15) is 19.3 Å². The largest absolute Gasteiger partial charge is 0.480 e. The zero-order chi connectivity index (χ0) is 17.9. The van der Waals surface area contributed by atoms with Crippen LogP contribution in [0.25, 0.3) is 0 Å². The van der Waals surface area contributed by atoms with Gasteiger partial charge in [0.15, 0.2) is 0 Å². The molecule has 2 heterocycles. The van der Waals surface area contributed by atoms with Gasteiger partial charge < -0.3 is 5.11 Å². The molecule has 2 bridgehead atoms. The van der Waals surface area contributed by atoms with Crippen LogP contribution in [0, 0.1) is 5.92 Å². The Morgan fingerprint density at radius 1 is 1.04 bits per heavy atom. The van der Waals surface area contributed by atoms with Gasteiger partial charge in [-0.05, 0) is 56.0 Å². The topological polar surface area (TPSA) is 56.1 Å². The minimum absolute atomic E-state index is 0.155. The Bertz CT molecular complexity index is 736. The molecular formula is C21H23N3O2. The van der Waals surface area contributed by atoms with Crippen molar-refractivity contribution in [1.29, 1.82) is 0 Å². The molecule has 0 spiro atoms. The molecule has 2 aliphatic heterocycles. The Morgan fingerprint density at radius 2 is 1.65 bits per heavy atom. The van der Waals surface area contributed by atoms with Crippen LogP contribution in [0.5, 0.6) is 0 Å². The van der Waals surface area contributed by atoms with Crippen molar-refractivity contribution >= 4 is 23.1 Å². The number of para-hydroxylation sites is 2. The Morgan fingerprint density at radius 3 is 2.19 bits per heavy atom. The number of carbonyl (C=O) groups is 1. The molecule has 1 N–H and O–H groups in total. The average molecular weight is 349 g/mol. The molecule has 0 aromatic heterocycles. The van der Waals surface area contributed by atoms with Crippen molar-refractivity contribution in [3.8, 4) is 0 Å². The summed E-state index contributed by atoms with van der Waals surface area (Å²) >= 11 is 0. The Kier molecular flexibility index (Phi) is 4.71. The van der Waals surface area contributed by atoms with E-state index in [0.717, 1.165) is 42.9 Å². The lowest BCUT2D eigenvalue weighted by atomic mass is 9.81. The molecule has 0 aliphatic carbocycles. The van der Waals surface area contributed by atoms with Gasteiger partial charge in [-0.3, -0.25) is 9.69 Å². The fourth-order valence-electron chi connectivity index (χ4n) is 4.12. The smallest absolute Gasteiger partial charge is 0.321 e. The van der Waals surface area contributed by atoms with Crippen LogP contribution in [0.2, 0.25) is 0 Å². The molecule has 2 saturated heterocycles. The van der Waals surface area contributed by atoms with E-state index < -0.39 is 5.97 Å². The number of fused-ring (bicyclic) bond motifs is 2. The van der Waals surface area contributed by atoms with Crippen LogP contribution in [-0.2, 0) is 4.79 Å². The van der Waals surface area contributed by atoms with Crippen molar-refractivity contribution < 1.29 is 9.90 Å². The summed E-state index contributed by atoms with van der Waals surface area (Å²) in [4.78, 5) is 13.7. The molecule has 2 fully saturated rings. The lowest BCUT2D eigenvalue weighted by molar-refractivity contribution is -0.147. The summed E-state index contributed by atoms with van der Waals surface area (Å²) in [5.41, 5.74) is 3.07. The lowest BCUT2D eigenvalue weighted by Crippen LogP contribution is -2.56. The third-order valence-electron chi connectivity index (χ3n) is 5.24. The van der Waals surface area contributed by atoms with Gasteiger partial charge in [0.25, 0.3) is 0 Å². The number of aliphatic carboxylic acids is 1. The van der Waals surface area contributed by atoms with Gasteiger partial charge in [-0.25, -0.2) is 5.01 Å². The highest BCUT2D eigenvalue weighted by Crippen LogP contribution is 2.33. The maximum atomic E-state index is 11.6. The van der Waals surface area contributed by atoms with Crippen molar-refractivity contribution in [2.75, 3.05) is 18.1 Å². The Hall–Kier alpha value is -2.66. The van der Waals surface area contributed by atoms with Crippen LogP contribution in [-0.4, -0.2) is 40.8 Å². The van der Waals surface area contributed by atoms with Gasteiger partial charge >= 0.3 is 5.97 Å². The maximum absolute atomic E-state index is 11.6. The van der Waals surface area contributed by atoms with E-state index in [2.05, 4.69) is 4.90 Å². The van der Waals surface area contributed by atoms with Crippen LogP contribution >= 0.6 is 0 Å². The standard InChI is InChI=1S/C21H23N3O2/c25-21(26)20-16-8-7-13-23(20)15-17(14-16)22-24(18-9-3-1-4-10-18)19-11-5-2-6-12-19/h1-6,9-12,16,20H,7-8,13-15H2,(H,25,26). The number of benzene rings is 2. The van der Waals surface area contributed by atoms with Gasteiger partial charge in [0.1, 0.15) is 6.04 Å². The molecule has 0 radical (unpaired) electrons. The van der Waals surface area contributed by atoms with Gasteiger partial charge in [0.05, 0.1) is 17.1 Å². The molecule has 2 aromatic carbocycles. The maximum Gasteiger partial charge on any atom is 0.321 e. The van der Waals surface area contributed by atoms with Crippen molar-refractivity contribution in [3.63, 3.8) is 0 Å². The summed E-state index contributed by atoms with van der Waals surface area (Å²) in [6.45, 7) is 1.47. The molecule has 5 nitrogen and oxygen atoms in total. The monoisotopic (exact) mass is 349 g/mol. The molecule has 2 aliphatic rings. The van der Waals surface area contributed by atoms with E-state index in [1.807, 2.05) is 65.7 Å². The highest BCUT2D eigenvalue weighted by atomic mass is 16.4. The number of hydrazone groups is 1. The first-order chi connectivity index (χ1) is 12.7. The molecular weight excluding hydrogens is 326 g/mol. The van der Waals surface area contributed by atoms with E-state index in [9.17, 15) is 9.90 Å². The van der Waals surface area contributed by atoms with Gasteiger partial charge in [-0.2, -0.15) is 5.10 Å². The van der Waals surface area contributed by atoms with Crippen molar-refractivity contribution in [2.24, 2.45) is 11.0 Å². The molecule has 3 unspecified atom stereocenters. The SMILES string of the molecule is O=C(O)C1C2CCCN1CC(=NN(c1ccccc1)c1ccccc1)C2. The number of hydrogen-bond acceptors (Lipinski definition) is 4. The minimum Gasteiger partial charge on any atom is -0.480 e. The second-order valence-electron chi connectivity index (χ2n) is 7.01. The van der Waals surface area contributed by atoms with E-state index in [4.69, 9.17) is 5.10 Å². The summed E-state index contributed by atoms with van der Waals surface area (Å²) in [6.07, 6.45) is 2.79. The Labute approximate surface area is 153 Å². The second kappa shape index (κ2) is 7.30. The number of hydrogen-bond donors (Lipinski definition) is 1. The van der Waals surface area contributed by atoms with E-state index in [1.165, 1.54) is 0 Å². The van der Waals surface area contributed by atoms with Gasteiger partial charge in [0, 0.05) is 6.54 Å². The van der Waals surface area contributed by atoms with Crippen LogP contribution < -0.4 is 5.01 Å². The first kappa shape index (κ1) is 16.8. The molecule has 2 aromatic rings. The van der Waals surface area contributed by atoms with Crippen LogP contribution in [0.15, 0.2) is 65.8 Å². The molecule has 26 heavy (non-hydrogen) atoms. The zero-order valence-corrected chi connectivity index (χ0v) is 14.7. The fraction of sp³-hybridized carbons (Fsp3) is 0.333. The van der Waals surface area contributed by atoms with E-state index in [1.54, 1.807) is 0 Å². The summed E-state index contributed by atoms with van der Waals surface area (Å²) in [5.74, 6) is -0.543. The predicted octanol–water partition coefficient (Wildman–Crippen LogP) is 3.75. The quantitative estimate of drug-likeness (QED) is 0.854. The number of carboxylic acids is 1. The Balaban J connectivity index is 1.67. The van der Waals surface area contributed by atoms with Crippen molar-refractivity contribution in [2.45, 2.75) is 25.3 Å². The van der Waals surface area contributed by atoms with Gasteiger partial charge in [-0.15, -0.1) is 0 Å². The second-order valence-corrected chi connectivity index (χ2v) is 7.01. The summed E-state index contributed by atoms with van der Waals surface area (Å²) < 4.78 is 0. The van der Waals surface area contributed by atoms with Gasteiger partial charge in [0.2, 0.25) is 0 Å². The highest BCUT2D eigenvalue weighted by Gasteiger charge is 2.41. The molecule has 0 saturated carbocycles. The molecule has 4 rings (SSSR count). The first-order valence-corrected chi connectivity index (χ1v) is 9.16. The zero-order valence-electron chi connectivity index (χ0n) is 14.7. The van der Waals surface area contributed by atoms with E-state index in [0.29, 0.717) is 6.54 Å². The minimum atomic E-state index is -0.697. The molecule has 134 valence electrons. The lowest BCUT2D eigenvalue weighted by Gasteiger charge is -2.43. The van der Waals surface area contributed by atoms with Crippen molar-refractivity contribution in [1.82, 2.24) is 4.90 Å². The fourth-order valence-corrected chi connectivity index (χ4v) is 4.12. The average Bonchev–Trinajstić information content (AvgIpc) is 2.66. The number of anilines is 2. The third-order valence-corrected chi connectivity index (χ3v) is 5.24. The van der Waals surface area contributed by atoms with Crippen LogP contribution in [0.3, 0.4) is 0 Å². The number of rotatable bonds is 4. The molecule has 5 heteroatoms. The summed E-state index contributed by atoms with van der Waals surface area (Å²) in [6, 6.07) is 19.8. The highest BCUT2D eigenvalue weighted by molar-refractivity contribution is 5.91. The predicted molar refractivity (Wildman–Crippen MR) is 103 cm³/mol. The van der Waals surface area contributed by atoms with E-state index >= 15 is 0 Å². The number of piperidine rings is 2. The van der Waals surface area contributed by atoms with Crippen LogP contribution in [0.4, 0.5) is 11.4 Å². The molecule has 3 atom stereocenters.